The van der Waals surface area contributed by atoms with Gasteiger partial charge < -0.3 is 0 Å². The summed E-state index contributed by atoms with van der Waals surface area (Å²) >= 11 is 0. The molecule has 1 heterocycles. The molecule has 1 nitrogen and oxygen atoms in total. The first-order valence-corrected chi connectivity index (χ1v) is 10.5. The molecule has 0 spiro atoms. The molecule has 6 rings (SSSR count). The zero-order valence-electron chi connectivity index (χ0n) is 16.9. The molecular formula is C28H25N. The minimum atomic E-state index is 1.07. The van der Waals surface area contributed by atoms with Crippen molar-refractivity contribution < 1.29 is 0 Å². The number of hydrogen-bond donors (Lipinski definition) is 0. The SMILES string of the molecule is Cc1cc2ccccc2cn1.c1ccc2c(c1)ccc1c3c(ccc12)CCCC3. The van der Waals surface area contributed by atoms with Crippen molar-refractivity contribution in [2.24, 2.45) is 0 Å². The summed E-state index contributed by atoms with van der Waals surface area (Å²) in [6.45, 7) is 2.01. The fraction of sp³-hybridized carbons (Fsp3) is 0.179. The fourth-order valence-electron chi connectivity index (χ4n) is 4.54. The van der Waals surface area contributed by atoms with Crippen LogP contribution in [-0.4, -0.2) is 4.98 Å². The zero-order valence-corrected chi connectivity index (χ0v) is 16.9. The van der Waals surface area contributed by atoms with Gasteiger partial charge in [-0.2, -0.15) is 0 Å². The fourth-order valence-corrected chi connectivity index (χ4v) is 4.54. The minimum Gasteiger partial charge on any atom is -0.261 e. The van der Waals surface area contributed by atoms with E-state index in [9.17, 15) is 0 Å². The molecule has 0 saturated heterocycles. The van der Waals surface area contributed by atoms with Crippen LogP contribution in [0, 0.1) is 6.92 Å². The summed E-state index contributed by atoms with van der Waals surface area (Å²) < 4.78 is 0. The standard InChI is InChI=1S/C18H16.C10H9N/c1-3-7-15-13(5-1)9-11-18-16-8-4-2-6-14(16)10-12-17(15)18;1-8-6-9-4-2-3-5-10(9)7-11-8/h1,3,5,7,9-12H,2,4,6,8H2;2-7H,1H3. The van der Waals surface area contributed by atoms with Gasteiger partial charge in [0.25, 0.3) is 0 Å². The third-order valence-electron chi connectivity index (χ3n) is 6.03. The average Bonchev–Trinajstić information content (AvgIpc) is 2.79. The van der Waals surface area contributed by atoms with E-state index in [2.05, 4.69) is 71.7 Å². The number of nitrogens with zero attached hydrogens (tertiary/aromatic N) is 1. The summed E-state index contributed by atoms with van der Waals surface area (Å²) in [6.07, 6.45) is 7.12. The molecule has 1 aliphatic rings. The van der Waals surface area contributed by atoms with Gasteiger partial charge in [-0.1, -0.05) is 72.8 Å². The number of benzene rings is 4. The Balaban J connectivity index is 0.000000142. The molecule has 142 valence electrons. The summed E-state index contributed by atoms with van der Waals surface area (Å²) in [5.74, 6) is 0. The van der Waals surface area contributed by atoms with Crippen LogP contribution in [0.2, 0.25) is 0 Å². The molecule has 5 aromatic rings. The third-order valence-corrected chi connectivity index (χ3v) is 6.03. The second-order valence-electron chi connectivity index (χ2n) is 7.97. The second-order valence-corrected chi connectivity index (χ2v) is 7.97. The van der Waals surface area contributed by atoms with Crippen molar-refractivity contribution in [3.05, 3.63) is 102 Å². The molecule has 29 heavy (non-hydrogen) atoms. The van der Waals surface area contributed by atoms with E-state index in [1.807, 2.05) is 25.3 Å². The topological polar surface area (TPSA) is 12.9 Å². The summed E-state index contributed by atoms with van der Waals surface area (Å²) in [7, 11) is 0. The molecule has 0 fully saturated rings. The normalized spacial score (nSPS) is 13.1. The van der Waals surface area contributed by atoms with Crippen LogP contribution in [0.3, 0.4) is 0 Å². The lowest BCUT2D eigenvalue weighted by Gasteiger charge is -2.18. The van der Waals surface area contributed by atoms with Crippen LogP contribution in [-0.2, 0) is 12.8 Å². The Kier molecular flexibility index (Phi) is 4.73. The van der Waals surface area contributed by atoms with Gasteiger partial charge in [0, 0.05) is 17.3 Å². The largest absolute Gasteiger partial charge is 0.261 e. The molecule has 1 heteroatoms. The highest BCUT2D eigenvalue weighted by molar-refractivity contribution is 6.08. The monoisotopic (exact) mass is 375 g/mol. The number of rotatable bonds is 0. The first kappa shape index (κ1) is 17.9. The Morgan fingerprint density at radius 2 is 1.34 bits per heavy atom. The Morgan fingerprint density at radius 1 is 0.621 bits per heavy atom. The van der Waals surface area contributed by atoms with Gasteiger partial charge in [-0.15, -0.1) is 0 Å². The second kappa shape index (κ2) is 7.67. The van der Waals surface area contributed by atoms with E-state index in [4.69, 9.17) is 0 Å². The van der Waals surface area contributed by atoms with Crippen LogP contribution in [0.1, 0.15) is 29.7 Å². The molecule has 0 aliphatic heterocycles. The van der Waals surface area contributed by atoms with Gasteiger partial charge in [0.2, 0.25) is 0 Å². The molecule has 1 aliphatic carbocycles. The van der Waals surface area contributed by atoms with E-state index >= 15 is 0 Å². The van der Waals surface area contributed by atoms with Gasteiger partial charge in [-0.25, -0.2) is 0 Å². The number of hydrogen-bond acceptors (Lipinski definition) is 1. The van der Waals surface area contributed by atoms with Gasteiger partial charge in [0.05, 0.1) is 0 Å². The highest BCUT2D eigenvalue weighted by atomic mass is 14.6. The first-order chi connectivity index (χ1) is 14.3. The summed E-state index contributed by atoms with van der Waals surface area (Å²) in [5.41, 5.74) is 4.25. The maximum absolute atomic E-state index is 4.21. The van der Waals surface area contributed by atoms with E-state index in [0.717, 1.165) is 5.69 Å². The van der Waals surface area contributed by atoms with Crippen LogP contribution in [0.25, 0.3) is 32.3 Å². The van der Waals surface area contributed by atoms with Crippen molar-refractivity contribution in [1.82, 2.24) is 4.98 Å². The Labute approximate surface area is 172 Å². The molecule has 1 aromatic heterocycles. The summed E-state index contributed by atoms with van der Waals surface area (Å²) in [6, 6.07) is 28.3. The van der Waals surface area contributed by atoms with Gasteiger partial charge >= 0.3 is 0 Å². The summed E-state index contributed by atoms with van der Waals surface area (Å²) in [4.78, 5) is 4.21. The lowest BCUT2D eigenvalue weighted by atomic mass is 9.86. The predicted molar refractivity (Wildman–Crippen MR) is 125 cm³/mol. The molecule has 0 amide bonds. The highest BCUT2D eigenvalue weighted by Gasteiger charge is 2.13. The summed E-state index contributed by atoms with van der Waals surface area (Å²) in [5, 5.41) is 8.11. The lowest BCUT2D eigenvalue weighted by molar-refractivity contribution is 0.690. The molecule has 0 saturated carbocycles. The van der Waals surface area contributed by atoms with E-state index in [1.54, 1.807) is 11.1 Å². The number of fused-ring (bicyclic) bond motifs is 6. The van der Waals surface area contributed by atoms with Crippen LogP contribution in [0.4, 0.5) is 0 Å². The average molecular weight is 376 g/mol. The Hall–Kier alpha value is -3.19. The van der Waals surface area contributed by atoms with E-state index < -0.39 is 0 Å². The molecule has 0 bridgehead atoms. The van der Waals surface area contributed by atoms with Gasteiger partial charge in [-0.3, -0.25) is 4.98 Å². The van der Waals surface area contributed by atoms with Crippen molar-refractivity contribution in [2.75, 3.05) is 0 Å². The third kappa shape index (κ3) is 3.49. The van der Waals surface area contributed by atoms with Gasteiger partial charge in [0.15, 0.2) is 0 Å². The predicted octanol–water partition coefficient (Wildman–Crippen LogP) is 7.42. The van der Waals surface area contributed by atoms with Gasteiger partial charge in [-0.05, 0) is 76.7 Å². The minimum absolute atomic E-state index is 1.07. The maximum Gasteiger partial charge on any atom is 0.0379 e. The molecule has 0 atom stereocenters. The molecule has 0 radical (unpaired) electrons. The molecular weight excluding hydrogens is 350 g/mol. The number of aryl methyl sites for hydroxylation is 3. The van der Waals surface area contributed by atoms with Gasteiger partial charge in [0.1, 0.15) is 0 Å². The Morgan fingerprint density at radius 3 is 2.24 bits per heavy atom. The van der Waals surface area contributed by atoms with Crippen LogP contribution in [0.5, 0.6) is 0 Å². The number of aromatic nitrogens is 1. The lowest BCUT2D eigenvalue weighted by Crippen LogP contribution is -2.02. The molecule has 4 aromatic carbocycles. The van der Waals surface area contributed by atoms with Crippen molar-refractivity contribution in [1.29, 1.82) is 0 Å². The van der Waals surface area contributed by atoms with Crippen molar-refractivity contribution >= 4 is 32.3 Å². The van der Waals surface area contributed by atoms with Crippen LogP contribution >= 0.6 is 0 Å². The quantitative estimate of drug-likeness (QED) is 0.257. The zero-order chi connectivity index (χ0) is 19.6. The number of pyridine rings is 1. The van der Waals surface area contributed by atoms with Crippen LogP contribution in [0.15, 0.2) is 85.1 Å². The van der Waals surface area contributed by atoms with Crippen molar-refractivity contribution in [3.8, 4) is 0 Å². The highest BCUT2D eigenvalue weighted by Crippen LogP contribution is 2.33. The molecule has 0 unspecified atom stereocenters. The van der Waals surface area contributed by atoms with Crippen LogP contribution < -0.4 is 0 Å². The molecule has 0 N–H and O–H groups in total. The Bertz CT molecular complexity index is 1320. The maximum atomic E-state index is 4.21. The van der Waals surface area contributed by atoms with E-state index in [0.29, 0.717) is 0 Å². The van der Waals surface area contributed by atoms with Crippen molar-refractivity contribution in [2.45, 2.75) is 32.6 Å². The van der Waals surface area contributed by atoms with E-state index in [-0.39, 0.29) is 0 Å². The smallest absolute Gasteiger partial charge is 0.0379 e. The van der Waals surface area contributed by atoms with Crippen molar-refractivity contribution in [3.63, 3.8) is 0 Å². The van der Waals surface area contributed by atoms with E-state index in [1.165, 1.54) is 58.0 Å². The first-order valence-electron chi connectivity index (χ1n) is 10.5.